The average molecular weight is 226 g/mol. The zero-order valence-electron chi connectivity index (χ0n) is 9.02. The van der Waals surface area contributed by atoms with E-state index >= 15 is 0 Å². The van der Waals surface area contributed by atoms with Crippen molar-refractivity contribution in [3.05, 3.63) is 24.5 Å². The first-order valence-electron chi connectivity index (χ1n) is 5.24. The Kier molecular flexibility index (Phi) is 6.39. The largest absolute Gasteiger partial charge is 0.396 e. The molecule has 0 spiro atoms. The molecule has 0 fully saturated rings. The molecule has 1 atom stereocenters. The summed E-state index contributed by atoms with van der Waals surface area (Å²) in [6.45, 7) is 3.28. The number of nitrogens with zero attached hydrogens (tertiary/aromatic N) is 1. The molecule has 0 bridgehead atoms. The molecule has 0 aliphatic rings. The highest BCUT2D eigenvalue weighted by Crippen LogP contribution is 2.17. The van der Waals surface area contributed by atoms with E-state index in [1.54, 1.807) is 24.2 Å². The van der Waals surface area contributed by atoms with Gasteiger partial charge < -0.3 is 10.4 Å². The van der Waals surface area contributed by atoms with E-state index in [9.17, 15) is 0 Å². The van der Waals surface area contributed by atoms with Crippen LogP contribution in [0.5, 0.6) is 0 Å². The summed E-state index contributed by atoms with van der Waals surface area (Å²) in [6, 6.07) is 4.40. The molecule has 0 aliphatic carbocycles. The number of aromatic nitrogens is 1. The van der Waals surface area contributed by atoms with Crippen LogP contribution in [0.2, 0.25) is 0 Å². The second kappa shape index (κ2) is 7.68. The summed E-state index contributed by atoms with van der Waals surface area (Å²) in [7, 11) is 0. The minimum absolute atomic E-state index is 0.245. The quantitative estimate of drug-likeness (QED) is 0.692. The number of thioether (sulfide) groups is 1. The van der Waals surface area contributed by atoms with Crippen LogP contribution in [0, 0.1) is 0 Å². The molecule has 0 radical (unpaired) electrons. The Labute approximate surface area is 95.3 Å². The van der Waals surface area contributed by atoms with Gasteiger partial charge in [0.25, 0.3) is 0 Å². The van der Waals surface area contributed by atoms with Crippen molar-refractivity contribution in [3.63, 3.8) is 0 Å². The third kappa shape index (κ3) is 5.16. The maximum absolute atomic E-state index is 8.90. The lowest BCUT2D eigenvalue weighted by atomic mass is 10.2. The molecule has 0 saturated heterocycles. The first-order valence-corrected chi connectivity index (χ1v) is 6.22. The van der Waals surface area contributed by atoms with Gasteiger partial charge in [0.1, 0.15) is 0 Å². The third-order valence-electron chi connectivity index (χ3n) is 2.07. The summed E-state index contributed by atoms with van der Waals surface area (Å²) in [6.07, 6.45) is 4.42. The molecular weight excluding hydrogens is 208 g/mol. The van der Waals surface area contributed by atoms with Crippen LogP contribution < -0.4 is 5.32 Å². The fourth-order valence-corrected chi connectivity index (χ4v) is 2.31. The van der Waals surface area contributed by atoms with Crippen molar-refractivity contribution in [2.24, 2.45) is 0 Å². The minimum Gasteiger partial charge on any atom is -0.396 e. The smallest absolute Gasteiger partial charge is 0.0446 e. The molecule has 4 heteroatoms. The standard InChI is InChI=1S/C11H18N2OS/c1-2-13-10(5-8-14)9-15-11-3-6-12-7-4-11/h3-4,6-7,10,13-14H,2,5,8-9H2,1H3. The van der Waals surface area contributed by atoms with Crippen LogP contribution >= 0.6 is 11.8 Å². The van der Waals surface area contributed by atoms with Crippen molar-refractivity contribution in [1.29, 1.82) is 0 Å². The molecule has 0 aliphatic heterocycles. The van der Waals surface area contributed by atoms with Gasteiger partial charge in [0.15, 0.2) is 0 Å². The fraction of sp³-hybridized carbons (Fsp3) is 0.545. The first kappa shape index (κ1) is 12.5. The zero-order valence-corrected chi connectivity index (χ0v) is 9.83. The predicted octanol–water partition coefficient (Wildman–Crippen LogP) is 1.53. The number of aliphatic hydroxyl groups excluding tert-OH is 1. The third-order valence-corrected chi connectivity index (χ3v) is 3.25. The molecule has 1 rings (SSSR count). The highest BCUT2D eigenvalue weighted by Gasteiger charge is 2.06. The number of hydrogen-bond acceptors (Lipinski definition) is 4. The van der Waals surface area contributed by atoms with Crippen molar-refractivity contribution in [3.8, 4) is 0 Å². The van der Waals surface area contributed by atoms with E-state index in [-0.39, 0.29) is 6.61 Å². The number of aliphatic hydroxyl groups is 1. The molecule has 1 aromatic rings. The van der Waals surface area contributed by atoms with Crippen molar-refractivity contribution in [2.75, 3.05) is 18.9 Å². The molecule has 0 saturated carbocycles. The lowest BCUT2D eigenvalue weighted by Crippen LogP contribution is -2.31. The molecule has 3 nitrogen and oxygen atoms in total. The van der Waals surface area contributed by atoms with Crippen molar-refractivity contribution < 1.29 is 5.11 Å². The maximum Gasteiger partial charge on any atom is 0.0446 e. The molecule has 2 N–H and O–H groups in total. The Hall–Kier alpha value is -0.580. The topological polar surface area (TPSA) is 45.1 Å². The molecule has 84 valence electrons. The van der Waals surface area contributed by atoms with Gasteiger partial charge in [-0.3, -0.25) is 4.98 Å². The van der Waals surface area contributed by atoms with Crippen LogP contribution in [0.4, 0.5) is 0 Å². The Balaban J connectivity index is 2.33. The van der Waals surface area contributed by atoms with Gasteiger partial charge in [-0.1, -0.05) is 6.92 Å². The first-order chi connectivity index (χ1) is 7.36. The van der Waals surface area contributed by atoms with Gasteiger partial charge in [0.2, 0.25) is 0 Å². The van der Waals surface area contributed by atoms with E-state index in [4.69, 9.17) is 5.11 Å². The molecule has 0 aromatic carbocycles. The Morgan fingerprint density at radius 1 is 1.47 bits per heavy atom. The van der Waals surface area contributed by atoms with E-state index < -0.39 is 0 Å². The Morgan fingerprint density at radius 2 is 2.20 bits per heavy atom. The molecule has 15 heavy (non-hydrogen) atoms. The van der Waals surface area contributed by atoms with E-state index in [0.717, 1.165) is 18.7 Å². The summed E-state index contributed by atoms with van der Waals surface area (Å²) in [4.78, 5) is 5.20. The second-order valence-electron chi connectivity index (χ2n) is 3.26. The van der Waals surface area contributed by atoms with Crippen molar-refractivity contribution >= 4 is 11.8 Å². The van der Waals surface area contributed by atoms with Crippen LogP contribution in [-0.2, 0) is 0 Å². The van der Waals surface area contributed by atoms with E-state index in [2.05, 4.69) is 17.2 Å². The monoisotopic (exact) mass is 226 g/mol. The predicted molar refractivity (Wildman–Crippen MR) is 64.1 cm³/mol. The highest BCUT2D eigenvalue weighted by molar-refractivity contribution is 7.99. The summed E-state index contributed by atoms with van der Waals surface area (Å²) < 4.78 is 0. The Morgan fingerprint density at radius 3 is 2.80 bits per heavy atom. The van der Waals surface area contributed by atoms with Crippen molar-refractivity contribution in [1.82, 2.24) is 10.3 Å². The fourth-order valence-electron chi connectivity index (χ4n) is 1.32. The van der Waals surface area contributed by atoms with Crippen LogP contribution in [0.25, 0.3) is 0 Å². The van der Waals surface area contributed by atoms with Crippen LogP contribution in [0.3, 0.4) is 0 Å². The number of rotatable bonds is 7. The lowest BCUT2D eigenvalue weighted by Gasteiger charge is -2.15. The summed E-state index contributed by atoms with van der Waals surface area (Å²) in [5, 5.41) is 12.3. The Bertz CT molecular complexity index is 250. The van der Waals surface area contributed by atoms with Gasteiger partial charge in [-0.2, -0.15) is 0 Å². The molecule has 1 aromatic heterocycles. The van der Waals surface area contributed by atoms with Crippen LogP contribution in [0.15, 0.2) is 29.4 Å². The number of nitrogens with one attached hydrogen (secondary N) is 1. The maximum atomic E-state index is 8.90. The number of hydrogen-bond donors (Lipinski definition) is 2. The van der Waals surface area contributed by atoms with Crippen molar-refractivity contribution in [2.45, 2.75) is 24.3 Å². The van der Waals surface area contributed by atoms with E-state index in [1.807, 2.05) is 12.1 Å². The van der Waals surface area contributed by atoms with Gasteiger partial charge in [-0.25, -0.2) is 0 Å². The number of pyridine rings is 1. The molecular formula is C11H18N2OS. The second-order valence-corrected chi connectivity index (χ2v) is 4.35. The normalized spacial score (nSPS) is 12.7. The van der Waals surface area contributed by atoms with E-state index in [0.29, 0.717) is 6.04 Å². The van der Waals surface area contributed by atoms with Gasteiger partial charge in [0.05, 0.1) is 0 Å². The summed E-state index contributed by atoms with van der Waals surface area (Å²) >= 11 is 1.79. The van der Waals surface area contributed by atoms with Gasteiger partial charge >= 0.3 is 0 Å². The van der Waals surface area contributed by atoms with Gasteiger partial charge in [-0.05, 0) is 25.1 Å². The summed E-state index contributed by atoms with van der Waals surface area (Å²) in [5.74, 6) is 0.985. The molecule has 1 heterocycles. The zero-order chi connectivity index (χ0) is 10.9. The van der Waals surface area contributed by atoms with Crippen LogP contribution in [0.1, 0.15) is 13.3 Å². The molecule has 1 unspecified atom stereocenters. The lowest BCUT2D eigenvalue weighted by molar-refractivity contribution is 0.271. The minimum atomic E-state index is 0.245. The van der Waals surface area contributed by atoms with Gasteiger partial charge in [0, 0.05) is 35.7 Å². The van der Waals surface area contributed by atoms with Crippen LogP contribution in [-0.4, -0.2) is 35.0 Å². The van der Waals surface area contributed by atoms with Gasteiger partial charge in [-0.15, -0.1) is 11.8 Å². The SMILES string of the molecule is CCNC(CCO)CSc1ccncc1. The average Bonchev–Trinajstić information content (AvgIpc) is 2.28. The van der Waals surface area contributed by atoms with E-state index in [1.165, 1.54) is 4.90 Å². The highest BCUT2D eigenvalue weighted by atomic mass is 32.2. The summed E-state index contributed by atoms with van der Waals surface area (Å²) in [5.41, 5.74) is 0. The molecule has 0 amide bonds.